The highest BCUT2D eigenvalue weighted by Crippen LogP contribution is 2.19. The fourth-order valence-electron chi connectivity index (χ4n) is 1.73. The van der Waals surface area contributed by atoms with Gasteiger partial charge < -0.3 is 20.1 Å². The Hall–Kier alpha value is -1.59. The maximum absolute atomic E-state index is 9.25. The summed E-state index contributed by atoms with van der Waals surface area (Å²) in [7, 11) is 1.98. The number of hydrogen-bond donors (Lipinski definition) is 3. The quantitative estimate of drug-likeness (QED) is 0.727. The van der Waals surface area contributed by atoms with Crippen molar-refractivity contribution in [2.24, 2.45) is 7.05 Å². The molecule has 2 rings (SSSR count). The molecule has 0 bridgehead atoms. The van der Waals surface area contributed by atoms with E-state index in [1.807, 2.05) is 36.7 Å². The van der Waals surface area contributed by atoms with E-state index in [4.69, 9.17) is 5.11 Å². The van der Waals surface area contributed by atoms with Gasteiger partial charge in [-0.25, -0.2) is 4.98 Å². The lowest BCUT2D eigenvalue weighted by molar-refractivity contribution is 0.105. The predicted molar refractivity (Wildman–Crippen MR) is 67.0 cm³/mol. The van der Waals surface area contributed by atoms with Crippen LogP contribution in [0.2, 0.25) is 0 Å². The van der Waals surface area contributed by atoms with Crippen molar-refractivity contribution in [1.82, 2.24) is 9.55 Å². The van der Waals surface area contributed by atoms with E-state index in [9.17, 15) is 5.11 Å². The zero-order valence-corrected chi connectivity index (χ0v) is 10.0. The Labute approximate surface area is 99.7 Å². The fraction of sp³-hybridized carbons (Fsp3) is 0.417. The molecule has 5 nitrogen and oxygen atoms in total. The zero-order valence-electron chi connectivity index (χ0n) is 10.0. The van der Waals surface area contributed by atoms with Gasteiger partial charge >= 0.3 is 0 Å². The summed E-state index contributed by atoms with van der Waals surface area (Å²) in [6, 6.07) is 5.86. The summed E-state index contributed by atoms with van der Waals surface area (Å²) < 4.78 is 2.03. The molecule has 1 aromatic carbocycles. The summed E-state index contributed by atoms with van der Waals surface area (Å²) in [5, 5.41) is 21.0. The molecule has 0 saturated heterocycles. The van der Waals surface area contributed by atoms with Crippen LogP contribution in [0.3, 0.4) is 0 Å². The molecule has 0 spiro atoms. The van der Waals surface area contributed by atoms with Crippen molar-refractivity contribution >= 4 is 16.7 Å². The van der Waals surface area contributed by atoms with Gasteiger partial charge in [-0.05, 0) is 25.1 Å². The SMILES string of the molecule is Cc1nc2cc(NCC(O)CO)ccc2n1C. The number of benzene rings is 1. The van der Waals surface area contributed by atoms with Crippen LogP contribution < -0.4 is 5.32 Å². The van der Waals surface area contributed by atoms with Crippen LogP contribution in [0.25, 0.3) is 11.0 Å². The van der Waals surface area contributed by atoms with Gasteiger partial charge in [-0.15, -0.1) is 0 Å². The number of imidazole rings is 1. The Morgan fingerprint density at radius 2 is 2.24 bits per heavy atom. The van der Waals surface area contributed by atoms with Crippen molar-refractivity contribution < 1.29 is 10.2 Å². The Balaban J connectivity index is 2.20. The van der Waals surface area contributed by atoms with Crippen LogP contribution >= 0.6 is 0 Å². The highest BCUT2D eigenvalue weighted by molar-refractivity contribution is 5.80. The molecule has 0 saturated carbocycles. The topological polar surface area (TPSA) is 70.3 Å². The first-order valence-electron chi connectivity index (χ1n) is 5.57. The molecule has 1 unspecified atom stereocenters. The minimum atomic E-state index is -0.740. The third-order valence-corrected chi connectivity index (χ3v) is 2.86. The number of nitrogens with one attached hydrogen (secondary N) is 1. The normalized spacial score (nSPS) is 12.9. The number of anilines is 1. The number of aromatic nitrogens is 2. The summed E-state index contributed by atoms with van der Waals surface area (Å²) in [4.78, 5) is 4.43. The van der Waals surface area contributed by atoms with Gasteiger partial charge in [0.25, 0.3) is 0 Å². The number of fused-ring (bicyclic) bond motifs is 1. The van der Waals surface area contributed by atoms with E-state index in [2.05, 4.69) is 10.3 Å². The molecule has 0 amide bonds. The van der Waals surface area contributed by atoms with E-state index >= 15 is 0 Å². The maximum atomic E-state index is 9.25. The van der Waals surface area contributed by atoms with Gasteiger partial charge in [0.05, 0.1) is 23.7 Å². The molecule has 0 aliphatic heterocycles. The number of aliphatic hydroxyl groups excluding tert-OH is 2. The molecular formula is C12H17N3O2. The number of nitrogens with zero attached hydrogens (tertiary/aromatic N) is 2. The standard InChI is InChI=1S/C12H17N3O2/c1-8-14-11-5-9(13-6-10(17)7-16)3-4-12(11)15(8)2/h3-5,10,13,16-17H,6-7H2,1-2H3. The Bertz CT molecular complexity index is 522. The maximum Gasteiger partial charge on any atom is 0.106 e. The second-order valence-electron chi connectivity index (χ2n) is 4.14. The van der Waals surface area contributed by atoms with Crippen molar-refractivity contribution in [1.29, 1.82) is 0 Å². The van der Waals surface area contributed by atoms with Crippen LogP contribution in [0.1, 0.15) is 5.82 Å². The summed E-state index contributed by atoms with van der Waals surface area (Å²) in [6.07, 6.45) is -0.740. The minimum absolute atomic E-state index is 0.238. The number of aliphatic hydroxyl groups is 2. The highest BCUT2D eigenvalue weighted by Gasteiger charge is 2.06. The number of hydrogen-bond acceptors (Lipinski definition) is 4. The average Bonchev–Trinajstić information content (AvgIpc) is 2.62. The molecule has 2 aromatic rings. The van der Waals surface area contributed by atoms with Gasteiger partial charge in [0.2, 0.25) is 0 Å². The summed E-state index contributed by atoms with van der Waals surface area (Å²) in [5.41, 5.74) is 2.90. The first kappa shape index (κ1) is 11.9. The van der Waals surface area contributed by atoms with E-state index in [0.717, 1.165) is 22.5 Å². The van der Waals surface area contributed by atoms with E-state index in [0.29, 0.717) is 6.54 Å². The van der Waals surface area contributed by atoms with Gasteiger partial charge in [-0.3, -0.25) is 0 Å². The van der Waals surface area contributed by atoms with E-state index in [1.165, 1.54) is 0 Å². The van der Waals surface area contributed by atoms with Gasteiger partial charge in [-0.2, -0.15) is 0 Å². The van der Waals surface area contributed by atoms with Crippen molar-refractivity contribution in [3.05, 3.63) is 24.0 Å². The molecular weight excluding hydrogens is 218 g/mol. The third-order valence-electron chi connectivity index (χ3n) is 2.86. The van der Waals surface area contributed by atoms with Crippen LogP contribution in [0, 0.1) is 6.92 Å². The molecule has 17 heavy (non-hydrogen) atoms. The Kier molecular flexibility index (Phi) is 3.31. The predicted octanol–water partition coefficient (Wildman–Crippen LogP) is 0.647. The first-order chi connectivity index (χ1) is 8.11. The van der Waals surface area contributed by atoms with Crippen molar-refractivity contribution in [2.45, 2.75) is 13.0 Å². The lowest BCUT2D eigenvalue weighted by Gasteiger charge is -2.10. The van der Waals surface area contributed by atoms with Gasteiger partial charge in [0.1, 0.15) is 5.82 Å². The van der Waals surface area contributed by atoms with Crippen LogP contribution in [-0.2, 0) is 7.05 Å². The lowest BCUT2D eigenvalue weighted by atomic mass is 10.2. The second-order valence-corrected chi connectivity index (χ2v) is 4.14. The molecule has 92 valence electrons. The number of aryl methyl sites for hydroxylation is 2. The molecule has 0 fully saturated rings. The second kappa shape index (κ2) is 4.73. The minimum Gasteiger partial charge on any atom is -0.394 e. The molecule has 5 heteroatoms. The van der Waals surface area contributed by atoms with E-state index < -0.39 is 6.10 Å². The van der Waals surface area contributed by atoms with Crippen molar-refractivity contribution in [2.75, 3.05) is 18.5 Å². The lowest BCUT2D eigenvalue weighted by Crippen LogP contribution is -2.22. The monoisotopic (exact) mass is 235 g/mol. The Morgan fingerprint density at radius 3 is 2.94 bits per heavy atom. The average molecular weight is 235 g/mol. The van der Waals surface area contributed by atoms with Crippen LogP contribution in [0.4, 0.5) is 5.69 Å². The molecule has 0 aliphatic carbocycles. The van der Waals surface area contributed by atoms with E-state index in [1.54, 1.807) is 0 Å². The summed E-state index contributed by atoms with van der Waals surface area (Å²) >= 11 is 0. The summed E-state index contributed by atoms with van der Waals surface area (Å²) in [5.74, 6) is 0.965. The molecule has 0 radical (unpaired) electrons. The zero-order chi connectivity index (χ0) is 12.4. The van der Waals surface area contributed by atoms with Gasteiger partial charge in [-0.1, -0.05) is 0 Å². The molecule has 1 aromatic heterocycles. The molecule has 3 N–H and O–H groups in total. The smallest absolute Gasteiger partial charge is 0.106 e. The van der Waals surface area contributed by atoms with Gasteiger partial charge in [0, 0.05) is 19.3 Å². The molecule has 0 aliphatic rings. The van der Waals surface area contributed by atoms with Crippen LogP contribution in [0.5, 0.6) is 0 Å². The number of rotatable bonds is 4. The van der Waals surface area contributed by atoms with Crippen LogP contribution in [-0.4, -0.2) is 39.0 Å². The van der Waals surface area contributed by atoms with Crippen LogP contribution in [0.15, 0.2) is 18.2 Å². The molecule has 1 atom stereocenters. The third kappa shape index (κ3) is 2.40. The first-order valence-corrected chi connectivity index (χ1v) is 5.57. The van der Waals surface area contributed by atoms with Gasteiger partial charge in [0.15, 0.2) is 0 Å². The Morgan fingerprint density at radius 1 is 1.47 bits per heavy atom. The summed E-state index contributed by atoms with van der Waals surface area (Å²) in [6.45, 7) is 2.05. The van der Waals surface area contributed by atoms with Crippen molar-refractivity contribution in [3.63, 3.8) is 0 Å². The van der Waals surface area contributed by atoms with E-state index in [-0.39, 0.29) is 6.61 Å². The fourth-order valence-corrected chi connectivity index (χ4v) is 1.73. The largest absolute Gasteiger partial charge is 0.394 e. The highest BCUT2D eigenvalue weighted by atomic mass is 16.3. The van der Waals surface area contributed by atoms with Crippen molar-refractivity contribution in [3.8, 4) is 0 Å². The molecule has 1 heterocycles.